The Kier molecular flexibility index (Phi) is 3.47. The van der Waals surface area contributed by atoms with Crippen LogP contribution in [0.2, 0.25) is 0 Å². The summed E-state index contributed by atoms with van der Waals surface area (Å²) < 4.78 is 16.0. The van der Waals surface area contributed by atoms with Gasteiger partial charge in [0.15, 0.2) is 17.3 Å². The fourth-order valence-electron chi connectivity index (χ4n) is 1.43. The van der Waals surface area contributed by atoms with Gasteiger partial charge in [-0.2, -0.15) is 0 Å². The molecule has 0 aliphatic carbocycles. The van der Waals surface area contributed by atoms with E-state index in [1.165, 1.54) is 12.4 Å². The van der Waals surface area contributed by atoms with E-state index < -0.39 is 0 Å². The molecule has 0 saturated carbocycles. The smallest absolute Gasteiger partial charge is 0.262 e. The minimum atomic E-state index is 0.199. The molecule has 0 fully saturated rings. The molecule has 0 amide bonds. The molecule has 0 radical (unpaired) electrons. The molecule has 18 heavy (non-hydrogen) atoms. The van der Waals surface area contributed by atoms with Gasteiger partial charge in [-0.3, -0.25) is 0 Å². The van der Waals surface area contributed by atoms with Crippen LogP contribution in [-0.2, 0) is 0 Å². The minimum absolute atomic E-state index is 0.199. The molecule has 0 unspecified atom stereocenters. The number of nitrogen functional groups attached to an aromatic ring is 1. The average Bonchev–Trinajstić information content (AvgIpc) is 2.41. The fourth-order valence-corrected chi connectivity index (χ4v) is 1.43. The van der Waals surface area contributed by atoms with Crippen LogP contribution in [0.15, 0.2) is 30.6 Å². The molecule has 0 aliphatic heterocycles. The summed E-state index contributed by atoms with van der Waals surface area (Å²) in [6, 6.07) is 5.30. The predicted octanol–water partition coefficient (Wildman–Crippen LogP) is 1.87. The maximum absolute atomic E-state index is 5.67. The standard InChI is InChI=1S/C12H13N3O3/c1-16-8-4-3-5-9(17-2)10(8)18-12-11(13)14-6-7-15-12/h3-7H,1-2H3,(H2,13,14). The Labute approximate surface area is 104 Å². The topological polar surface area (TPSA) is 79.5 Å². The Bertz CT molecular complexity index is 524. The maximum Gasteiger partial charge on any atom is 0.262 e. The molecule has 0 spiro atoms. The second-order valence-electron chi connectivity index (χ2n) is 3.34. The highest BCUT2D eigenvalue weighted by atomic mass is 16.5. The summed E-state index contributed by atoms with van der Waals surface area (Å²) in [7, 11) is 3.09. The predicted molar refractivity (Wildman–Crippen MR) is 66.1 cm³/mol. The van der Waals surface area contributed by atoms with Crippen LogP contribution < -0.4 is 19.9 Å². The van der Waals surface area contributed by atoms with Gasteiger partial charge in [0, 0.05) is 12.4 Å². The van der Waals surface area contributed by atoms with Crippen molar-refractivity contribution in [2.45, 2.75) is 0 Å². The fraction of sp³-hybridized carbons (Fsp3) is 0.167. The first-order valence-corrected chi connectivity index (χ1v) is 5.21. The van der Waals surface area contributed by atoms with E-state index in [0.29, 0.717) is 17.2 Å². The van der Waals surface area contributed by atoms with Crippen molar-refractivity contribution in [2.24, 2.45) is 0 Å². The lowest BCUT2D eigenvalue weighted by molar-refractivity contribution is 0.342. The highest BCUT2D eigenvalue weighted by Crippen LogP contribution is 2.40. The number of hydrogen-bond donors (Lipinski definition) is 1. The van der Waals surface area contributed by atoms with Crippen LogP contribution in [0.1, 0.15) is 0 Å². The van der Waals surface area contributed by atoms with Gasteiger partial charge in [0.2, 0.25) is 5.75 Å². The van der Waals surface area contributed by atoms with E-state index in [1.807, 2.05) is 0 Å². The molecule has 2 rings (SSSR count). The largest absolute Gasteiger partial charge is 0.493 e. The van der Waals surface area contributed by atoms with E-state index in [4.69, 9.17) is 19.9 Å². The normalized spacial score (nSPS) is 9.89. The Hall–Kier alpha value is -2.50. The van der Waals surface area contributed by atoms with Gasteiger partial charge in [-0.05, 0) is 12.1 Å². The molecule has 1 aromatic heterocycles. The number of para-hydroxylation sites is 1. The number of nitrogens with zero attached hydrogens (tertiary/aromatic N) is 2. The van der Waals surface area contributed by atoms with E-state index in [1.54, 1.807) is 32.4 Å². The summed E-state index contributed by atoms with van der Waals surface area (Å²) in [5, 5.41) is 0. The molecule has 94 valence electrons. The van der Waals surface area contributed by atoms with E-state index in [0.717, 1.165) is 0 Å². The van der Waals surface area contributed by atoms with Crippen LogP contribution >= 0.6 is 0 Å². The minimum Gasteiger partial charge on any atom is -0.493 e. The second-order valence-corrected chi connectivity index (χ2v) is 3.34. The van der Waals surface area contributed by atoms with Crippen molar-refractivity contribution in [2.75, 3.05) is 20.0 Å². The zero-order valence-electron chi connectivity index (χ0n) is 10.1. The number of aromatic nitrogens is 2. The molecule has 0 bridgehead atoms. The van der Waals surface area contributed by atoms with Crippen molar-refractivity contribution < 1.29 is 14.2 Å². The lowest BCUT2D eigenvalue weighted by Gasteiger charge is -2.13. The highest BCUT2D eigenvalue weighted by Gasteiger charge is 2.14. The number of hydrogen-bond acceptors (Lipinski definition) is 6. The number of nitrogens with two attached hydrogens (primary N) is 1. The van der Waals surface area contributed by atoms with Crippen molar-refractivity contribution in [3.05, 3.63) is 30.6 Å². The molecule has 1 aromatic carbocycles. The van der Waals surface area contributed by atoms with Gasteiger partial charge in [-0.15, -0.1) is 0 Å². The van der Waals surface area contributed by atoms with Gasteiger partial charge in [0.1, 0.15) is 0 Å². The van der Waals surface area contributed by atoms with Gasteiger partial charge in [-0.25, -0.2) is 9.97 Å². The van der Waals surface area contributed by atoms with E-state index in [2.05, 4.69) is 9.97 Å². The molecule has 0 aliphatic rings. The molecule has 2 aromatic rings. The third-order valence-electron chi connectivity index (χ3n) is 2.27. The summed E-state index contributed by atoms with van der Waals surface area (Å²) in [5.41, 5.74) is 5.67. The maximum atomic E-state index is 5.67. The lowest BCUT2D eigenvalue weighted by Crippen LogP contribution is -1.99. The summed E-state index contributed by atoms with van der Waals surface area (Å²) in [6.45, 7) is 0. The third-order valence-corrected chi connectivity index (χ3v) is 2.27. The summed E-state index contributed by atoms with van der Waals surface area (Å²) in [6.07, 6.45) is 2.98. The first-order chi connectivity index (χ1) is 8.76. The van der Waals surface area contributed by atoms with Crippen LogP contribution in [0.25, 0.3) is 0 Å². The van der Waals surface area contributed by atoms with Gasteiger partial charge in [-0.1, -0.05) is 6.07 Å². The van der Waals surface area contributed by atoms with E-state index in [9.17, 15) is 0 Å². The monoisotopic (exact) mass is 247 g/mol. The molecule has 6 nitrogen and oxygen atoms in total. The van der Waals surface area contributed by atoms with Crippen LogP contribution in [0, 0.1) is 0 Å². The van der Waals surface area contributed by atoms with Gasteiger partial charge < -0.3 is 19.9 Å². The van der Waals surface area contributed by atoms with Gasteiger partial charge in [0.05, 0.1) is 14.2 Å². The van der Waals surface area contributed by atoms with Gasteiger partial charge in [0.25, 0.3) is 5.88 Å². The Morgan fingerprint density at radius 3 is 2.17 bits per heavy atom. The zero-order chi connectivity index (χ0) is 13.0. The quantitative estimate of drug-likeness (QED) is 0.888. The van der Waals surface area contributed by atoms with Crippen LogP contribution in [0.5, 0.6) is 23.1 Å². The first kappa shape index (κ1) is 12.0. The van der Waals surface area contributed by atoms with Crippen molar-refractivity contribution >= 4 is 5.82 Å². The van der Waals surface area contributed by atoms with E-state index in [-0.39, 0.29) is 11.7 Å². The molecule has 0 atom stereocenters. The number of ether oxygens (including phenoxy) is 3. The Morgan fingerprint density at radius 2 is 1.61 bits per heavy atom. The van der Waals surface area contributed by atoms with E-state index >= 15 is 0 Å². The number of benzene rings is 1. The second kappa shape index (κ2) is 5.22. The number of methoxy groups -OCH3 is 2. The number of rotatable bonds is 4. The van der Waals surface area contributed by atoms with Crippen molar-refractivity contribution in [1.82, 2.24) is 9.97 Å². The lowest BCUT2D eigenvalue weighted by atomic mass is 10.3. The summed E-state index contributed by atoms with van der Waals surface area (Å²) in [4.78, 5) is 7.90. The summed E-state index contributed by atoms with van der Waals surface area (Å²) >= 11 is 0. The van der Waals surface area contributed by atoms with Crippen LogP contribution in [0.4, 0.5) is 5.82 Å². The van der Waals surface area contributed by atoms with Gasteiger partial charge >= 0.3 is 0 Å². The van der Waals surface area contributed by atoms with Crippen molar-refractivity contribution in [3.8, 4) is 23.1 Å². The third kappa shape index (κ3) is 2.27. The summed E-state index contributed by atoms with van der Waals surface area (Å²) in [5.74, 6) is 1.87. The molecular weight excluding hydrogens is 234 g/mol. The number of anilines is 1. The Morgan fingerprint density at radius 1 is 1.00 bits per heavy atom. The zero-order valence-corrected chi connectivity index (χ0v) is 10.1. The average molecular weight is 247 g/mol. The SMILES string of the molecule is COc1cccc(OC)c1Oc1nccnc1N. The molecule has 2 N–H and O–H groups in total. The molecule has 1 heterocycles. The Balaban J connectivity index is 2.42. The van der Waals surface area contributed by atoms with Crippen LogP contribution in [0.3, 0.4) is 0 Å². The van der Waals surface area contributed by atoms with Crippen molar-refractivity contribution in [1.29, 1.82) is 0 Å². The first-order valence-electron chi connectivity index (χ1n) is 5.21. The molecular formula is C12H13N3O3. The van der Waals surface area contributed by atoms with Crippen molar-refractivity contribution in [3.63, 3.8) is 0 Å². The molecule has 0 saturated heterocycles. The highest BCUT2D eigenvalue weighted by molar-refractivity contribution is 5.54. The molecule has 6 heteroatoms. The van der Waals surface area contributed by atoms with Crippen LogP contribution in [-0.4, -0.2) is 24.2 Å².